The molecule has 0 aliphatic rings. The summed E-state index contributed by atoms with van der Waals surface area (Å²) in [6, 6.07) is 24.8. The van der Waals surface area contributed by atoms with Crippen LogP contribution in [0.3, 0.4) is 0 Å². The molecule has 0 fully saturated rings. The first kappa shape index (κ1) is 17.8. The van der Waals surface area contributed by atoms with Gasteiger partial charge in [0.05, 0.1) is 0 Å². The Hall–Kier alpha value is -1.53. The zero-order chi connectivity index (χ0) is 16.5. The van der Waals surface area contributed by atoms with E-state index < -0.39 is 0 Å². The Kier molecular flexibility index (Phi) is 7.42. The molecule has 0 heterocycles. The van der Waals surface area contributed by atoms with Gasteiger partial charge in [0.1, 0.15) is 18.1 Å². The summed E-state index contributed by atoms with van der Waals surface area (Å²) >= 11 is 5.82. The number of hydrogen-bond acceptors (Lipinski definition) is 2. The molecule has 0 aliphatic heterocycles. The first-order valence-corrected chi connectivity index (χ1v) is 8.88. The van der Waals surface area contributed by atoms with Gasteiger partial charge in [0.2, 0.25) is 0 Å². The molecule has 3 rings (SSSR count). The summed E-state index contributed by atoms with van der Waals surface area (Å²) in [4.78, 5) is 0. The third-order valence-corrected chi connectivity index (χ3v) is 4.35. The molecule has 1 N–H and O–H groups in total. The first-order valence-electron chi connectivity index (χ1n) is 7.01. The molecule has 4 heteroatoms. The van der Waals surface area contributed by atoms with E-state index in [1.54, 1.807) is 24.3 Å². The van der Waals surface area contributed by atoms with E-state index >= 15 is 0 Å². The van der Waals surface area contributed by atoms with Gasteiger partial charge in [0.25, 0.3) is 0 Å². The lowest BCUT2D eigenvalue weighted by atomic mass is 10.2. The molecule has 0 aliphatic carbocycles. The Labute approximate surface area is 158 Å². The van der Waals surface area contributed by atoms with Gasteiger partial charge in [0.15, 0.2) is 0 Å². The van der Waals surface area contributed by atoms with Crippen molar-refractivity contribution < 1.29 is 9.84 Å². The monoisotopic (exact) mass is 482 g/mol. The van der Waals surface area contributed by atoms with Crippen molar-refractivity contribution in [3.63, 3.8) is 0 Å². The maximum atomic E-state index is 8.63. The highest BCUT2D eigenvalue weighted by Crippen LogP contribution is 2.21. The topological polar surface area (TPSA) is 29.5 Å². The quantitative estimate of drug-likeness (QED) is 0.462. The van der Waals surface area contributed by atoms with Crippen molar-refractivity contribution in [2.75, 3.05) is 0 Å². The zero-order valence-electron chi connectivity index (χ0n) is 12.3. The van der Waals surface area contributed by atoms with Crippen LogP contribution in [0, 0.1) is 3.57 Å². The molecule has 3 aromatic rings. The summed E-state index contributed by atoms with van der Waals surface area (Å²) in [7, 11) is 0. The molecule has 3 aromatic carbocycles. The third kappa shape index (κ3) is 6.62. The molecule has 118 valence electrons. The van der Waals surface area contributed by atoms with Crippen molar-refractivity contribution in [3.8, 4) is 11.5 Å². The van der Waals surface area contributed by atoms with E-state index in [1.165, 1.54) is 3.57 Å². The maximum absolute atomic E-state index is 8.63. The lowest BCUT2D eigenvalue weighted by Crippen LogP contribution is -1.96. The fourth-order valence-corrected chi connectivity index (χ4v) is 2.68. The summed E-state index contributed by atoms with van der Waals surface area (Å²) < 4.78 is 8.00. The predicted molar refractivity (Wildman–Crippen MR) is 106 cm³/mol. The Morgan fingerprint density at radius 2 is 1.48 bits per heavy atom. The van der Waals surface area contributed by atoms with Crippen LogP contribution in [0.25, 0.3) is 0 Å². The minimum absolute atomic E-state index is 0.322. The van der Waals surface area contributed by atoms with Crippen LogP contribution >= 0.6 is 38.5 Å². The van der Waals surface area contributed by atoms with Crippen molar-refractivity contribution in [3.05, 3.63) is 92.5 Å². The Bertz CT molecular complexity index is 718. The summed E-state index contributed by atoms with van der Waals surface area (Å²) in [6.07, 6.45) is 0. The predicted octanol–water partition coefficient (Wildman–Crippen LogP) is 6.02. The largest absolute Gasteiger partial charge is 0.508 e. The smallest absolute Gasteiger partial charge is 0.119 e. The average molecular weight is 483 g/mol. The first-order chi connectivity index (χ1) is 11.1. The highest BCUT2D eigenvalue weighted by Gasteiger charge is 2.01. The van der Waals surface area contributed by atoms with E-state index in [2.05, 4.69) is 50.7 Å². The van der Waals surface area contributed by atoms with Gasteiger partial charge in [-0.05, 0) is 65.1 Å². The number of rotatable bonds is 3. The number of ether oxygens (including phenoxy) is 1. The van der Waals surface area contributed by atoms with Crippen molar-refractivity contribution in [2.45, 2.75) is 6.61 Å². The summed E-state index contributed by atoms with van der Waals surface area (Å²) in [6.45, 7) is 0.585. The molecule has 0 bridgehead atoms. The highest BCUT2D eigenvalue weighted by atomic mass is 127. The fraction of sp³-hybridized carbons (Fsp3) is 0.0526. The van der Waals surface area contributed by atoms with E-state index in [9.17, 15) is 0 Å². The second-order valence-electron chi connectivity index (χ2n) is 4.67. The second-order valence-corrected chi connectivity index (χ2v) is 6.77. The van der Waals surface area contributed by atoms with Crippen LogP contribution in [-0.2, 0) is 6.61 Å². The molecule has 0 radical (unpaired) electrons. The molecular formula is C19H16BrIO2. The SMILES string of the molecule is Brc1ccc(I)cc1COc1ccccc1.Oc1ccccc1. The van der Waals surface area contributed by atoms with Gasteiger partial charge in [-0.15, -0.1) is 0 Å². The van der Waals surface area contributed by atoms with Crippen LogP contribution in [0.5, 0.6) is 11.5 Å². The summed E-state index contributed by atoms with van der Waals surface area (Å²) in [5.74, 6) is 1.22. The molecule has 0 saturated carbocycles. The zero-order valence-corrected chi connectivity index (χ0v) is 16.1. The van der Waals surface area contributed by atoms with Gasteiger partial charge in [-0.25, -0.2) is 0 Å². The van der Waals surface area contributed by atoms with E-state index in [4.69, 9.17) is 9.84 Å². The number of hydrogen-bond donors (Lipinski definition) is 1. The van der Waals surface area contributed by atoms with Gasteiger partial charge in [-0.3, -0.25) is 0 Å². The summed E-state index contributed by atoms with van der Waals surface area (Å²) in [5, 5.41) is 8.63. The second kappa shape index (κ2) is 9.57. The van der Waals surface area contributed by atoms with E-state index in [0.29, 0.717) is 12.4 Å². The van der Waals surface area contributed by atoms with Crippen LogP contribution in [0.2, 0.25) is 0 Å². The number of aromatic hydroxyl groups is 1. The van der Waals surface area contributed by atoms with Gasteiger partial charge < -0.3 is 9.84 Å². The van der Waals surface area contributed by atoms with Gasteiger partial charge in [-0.1, -0.05) is 52.3 Å². The number of phenolic OH excluding ortho intramolecular Hbond substituents is 1. The van der Waals surface area contributed by atoms with Crippen molar-refractivity contribution >= 4 is 38.5 Å². The number of benzene rings is 3. The minimum Gasteiger partial charge on any atom is -0.508 e. The Morgan fingerprint density at radius 3 is 2.04 bits per heavy atom. The van der Waals surface area contributed by atoms with Crippen molar-refractivity contribution in [1.29, 1.82) is 0 Å². The Balaban J connectivity index is 0.000000229. The number of para-hydroxylation sites is 2. The molecule has 23 heavy (non-hydrogen) atoms. The fourth-order valence-electron chi connectivity index (χ4n) is 1.76. The van der Waals surface area contributed by atoms with Crippen LogP contribution in [0.15, 0.2) is 83.3 Å². The highest BCUT2D eigenvalue weighted by molar-refractivity contribution is 14.1. The van der Waals surface area contributed by atoms with Gasteiger partial charge in [-0.2, -0.15) is 0 Å². The molecule has 0 atom stereocenters. The van der Waals surface area contributed by atoms with Gasteiger partial charge >= 0.3 is 0 Å². The molecule has 0 spiro atoms. The molecule has 0 unspecified atom stereocenters. The Morgan fingerprint density at radius 1 is 0.870 bits per heavy atom. The van der Waals surface area contributed by atoms with Crippen molar-refractivity contribution in [2.24, 2.45) is 0 Å². The average Bonchev–Trinajstić information content (AvgIpc) is 2.58. The van der Waals surface area contributed by atoms with Crippen LogP contribution in [0.1, 0.15) is 5.56 Å². The molecule has 2 nitrogen and oxygen atoms in total. The summed E-state index contributed by atoms with van der Waals surface area (Å²) in [5.41, 5.74) is 1.16. The van der Waals surface area contributed by atoms with E-state index in [1.807, 2.05) is 42.5 Å². The lowest BCUT2D eigenvalue weighted by Gasteiger charge is -2.08. The molecule has 0 amide bonds. The molecule has 0 aromatic heterocycles. The maximum Gasteiger partial charge on any atom is 0.119 e. The number of halogens is 2. The minimum atomic E-state index is 0.322. The third-order valence-electron chi connectivity index (χ3n) is 2.90. The van der Waals surface area contributed by atoms with Crippen LogP contribution in [-0.4, -0.2) is 5.11 Å². The van der Waals surface area contributed by atoms with Crippen LogP contribution in [0.4, 0.5) is 0 Å². The molecule has 0 saturated heterocycles. The van der Waals surface area contributed by atoms with E-state index in [0.717, 1.165) is 15.8 Å². The number of phenols is 1. The standard InChI is InChI=1S/C13H10BrIO.C6H6O/c14-13-7-6-11(15)8-10(13)9-16-12-4-2-1-3-5-12;7-6-4-2-1-3-5-6/h1-8H,9H2;1-5,7H. The van der Waals surface area contributed by atoms with Gasteiger partial charge in [0, 0.05) is 13.6 Å². The lowest BCUT2D eigenvalue weighted by molar-refractivity contribution is 0.305. The molecular weight excluding hydrogens is 467 g/mol. The van der Waals surface area contributed by atoms with E-state index in [-0.39, 0.29) is 0 Å². The normalized spacial score (nSPS) is 9.65. The van der Waals surface area contributed by atoms with Crippen molar-refractivity contribution in [1.82, 2.24) is 0 Å². The van der Waals surface area contributed by atoms with Crippen LogP contribution < -0.4 is 4.74 Å².